The quantitative estimate of drug-likeness (QED) is 0.735. The third-order valence-electron chi connectivity index (χ3n) is 3.75. The van der Waals surface area contributed by atoms with Gasteiger partial charge in [0, 0.05) is 25.9 Å². The summed E-state index contributed by atoms with van der Waals surface area (Å²) in [7, 11) is 1.89. The molecule has 1 aliphatic heterocycles. The molecule has 22 heavy (non-hydrogen) atoms. The summed E-state index contributed by atoms with van der Waals surface area (Å²) >= 11 is 0. The minimum atomic E-state index is 0.0507. The number of aryl methyl sites for hydroxylation is 2. The Kier molecular flexibility index (Phi) is 3.07. The Morgan fingerprint density at radius 1 is 1.36 bits per heavy atom. The van der Waals surface area contributed by atoms with Crippen LogP contribution in [0.1, 0.15) is 12.2 Å². The van der Waals surface area contributed by atoms with E-state index in [1.165, 1.54) is 0 Å². The molecule has 0 spiro atoms. The van der Waals surface area contributed by atoms with Crippen LogP contribution in [0.5, 0.6) is 5.88 Å². The first kappa shape index (κ1) is 13.3. The van der Waals surface area contributed by atoms with Crippen LogP contribution in [0.25, 0.3) is 16.7 Å². The van der Waals surface area contributed by atoms with E-state index in [-0.39, 0.29) is 6.10 Å². The first-order valence-electron chi connectivity index (χ1n) is 7.30. The number of hydrogen-bond donors (Lipinski definition) is 0. The van der Waals surface area contributed by atoms with Gasteiger partial charge < -0.3 is 14.0 Å². The summed E-state index contributed by atoms with van der Waals surface area (Å²) in [6, 6.07) is 1.97. The molecule has 3 aromatic heterocycles. The van der Waals surface area contributed by atoms with E-state index in [2.05, 4.69) is 15.1 Å². The van der Waals surface area contributed by atoms with Crippen LogP contribution in [0.2, 0.25) is 0 Å². The molecule has 4 heterocycles. The summed E-state index contributed by atoms with van der Waals surface area (Å²) in [6.45, 7) is 3.22. The highest BCUT2D eigenvalue weighted by molar-refractivity contribution is 5.82. The molecule has 0 unspecified atom stereocenters. The zero-order chi connectivity index (χ0) is 15.1. The highest BCUT2D eigenvalue weighted by Gasteiger charge is 2.21. The Balaban J connectivity index is 1.84. The van der Waals surface area contributed by atoms with E-state index >= 15 is 0 Å². The van der Waals surface area contributed by atoms with Gasteiger partial charge >= 0.3 is 0 Å². The van der Waals surface area contributed by atoms with Crippen molar-refractivity contribution in [3.05, 3.63) is 30.5 Å². The van der Waals surface area contributed by atoms with E-state index in [0.29, 0.717) is 18.3 Å². The summed E-state index contributed by atoms with van der Waals surface area (Å²) in [5.74, 6) is 1.30. The lowest BCUT2D eigenvalue weighted by atomic mass is 10.3. The van der Waals surface area contributed by atoms with Crippen molar-refractivity contribution in [3.63, 3.8) is 0 Å². The van der Waals surface area contributed by atoms with Crippen LogP contribution in [0, 0.1) is 6.92 Å². The highest BCUT2D eigenvalue weighted by atomic mass is 16.5. The summed E-state index contributed by atoms with van der Waals surface area (Å²) in [4.78, 5) is 8.99. The van der Waals surface area contributed by atoms with Crippen LogP contribution in [0.4, 0.5) is 0 Å². The lowest BCUT2D eigenvalue weighted by molar-refractivity contribution is 0.139. The maximum absolute atomic E-state index is 6.07. The Hall–Kier alpha value is -2.41. The number of fused-ring (bicyclic) bond motifs is 1. The minimum Gasteiger partial charge on any atom is -0.470 e. The van der Waals surface area contributed by atoms with Gasteiger partial charge in [0.15, 0.2) is 0 Å². The molecule has 1 fully saturated rings. The van der Waals surface area contributed by atoms with Gasteiger partial charge in [-0.25, -0.2) is 4.98 Å². The first-order chi connectivity index (χ1) is 10.7. The van der Waals surface area contributed by atoms with Gasteiger partial charge in [-0.05, 0) is 13.0 Å². The molecule has 0 saturated carbocycles. The van der Waals surface area contributed by atoms with Crippen molar-refractivity contribution in [3.8, 4) is 11.6 Å². The molecule has 3 aromatic rings. The standard InChI is InChI=1S/C15H17N5O2/c1-10-17-13-3-5-20(11-7-16-19(2)8-11)14(13)15(18-10)22-12-4-6-21-9-12/h3,5,7-8,12H,4,6,9H2,1-2H3/t12-/m1/s1. The first-order valence-corrected chi connectivity index (χ1v) is 7.30. The van der Waals surface area contributed by atoms with Gasteiger partial charge in [0.1, 0.15) is 17.4 Å². The van der Waals surface area contributed by atoms with Crippen molar-refractivity contribution in [1.29, 1.82) is 0 Å². The molecule has 0 N–H and O–H groups in total. The number of ether oxygens (including phenoxy) is 2. The second kappa shape index (κ2) is 5.10. The fraction of sp³-hybridized carbons (Fsp3) is 0.400. The van der Waals surface area contributed by atoms with Crippen LogP contribution in [-0.2, 0) is 11.8 Å². The van der Waals surface area contributed by atoms with E-state index in [1.54, 1.807) is 4.68 Å². The molecule has 7 heteroatoms. The van der Waals surface area contributed by atoms with Crippen molar-refractivity contribution in [2.24, 2.45) is 7.05 Å². The average Bonchev–Trinajstić information content (AvgIpc) is 3.18. The third kappa shape index (κ3) is 2.23. The fourth-order valence-electron chi connectivity index (χ4n) is 2.72. The lowest BCUT2D eigenvalue weighted by Crippen LogP contribution is -2.17. The van der Waals surface area contributed by atoms with E-state index in [0.717, 1.165) is 29.7 Å². The maximum atomic E-state index is 6.07. The predicted molar refractivity (Wildman–Crippen MR) is 80.2 cm³/mol. The molecule has 1 saturated heterocycles. The van der Waals surface area contributed by atoms with E-state index in [4.69, 9.17) is 9.47 Å². The molecular formula is C15H17N5O2. The monoisotopic (exact) mass is 299 g/mol. The third-order valence-corrected chi connectivity index (χ3v) is 3.75. The fourth-order valence-corrected chi connectivity index (χ4v) is 2.72. The molecule has 7 nitrogen and oxygen atoms in total. The Bertz CT molecular complexity index is 817. The van der Waals surface area contributed by atoms with Gasteiger partial charge in [-0.2, -0.15) is 10.1 Å². The summed E-state index contributed by atoms with van der Waals surface area (Å²) in [6.07, 6.45) is 6.66. The molecule has 1 atom stereocenters. The van der Waals surface area contributed by atoms with Crippen molar-refractivity contribution in [1.82, 2.24) is 24.3 Å². The second-order valence-electron chi connectivity index (χ2n) is 5.47. The summed E-state index contributed by atoms with van der Waals surface area (Å²) < 4.78 is 15.2. The largest absolute Gasteiger partial charge is 0.470 e. The number of aromatic nitrogens is 5. The van der Waals surface area contributed by atoms with Crippen LogP contribution in [-0.4, -0.2) is 43.6 Å². The maximum Gasteiger partial charge on any atom is 0.242 e. The van der Waals surface area contributed by atoms with Crippen LogP contribution >= 0.6 is 0 Å². The molecule has 4 rings (SSSR count). The van der Waals surface area contributed by atoms with Gasteiger partial charge in [0.05, 0.1) is 30.6 Å². The van der Waals surface area contributed by atoms with Gasteiger partial charge in [0.25, 0.3) is 0 Å². The van der Waals surface area contributed by atoms with Gasteiger partial charge in [-0.1, -0.05) is 0 Å². The molecule has 0 aliphatic carbocycles. The Morgan fingerprint density at radius 3 is 3.00 bits per heavy atom. The normalized spacial score (nSPS) is 18.2. The Morgan fingerprint density at radius 2 is 2.27 bits per heavy atom. The molecule has 114 valence electrons. The topological polar surface area (TPSA) is 67.0 Å². The lowest BCUT2D eigenvalue weighted by Gasteiger charge is -2.13. The average molecular weight is 299 g/mol. The highest BCUT2D eigenvalue weighted by Crippen LogP contribution is 2.28. The molecule has 0 amide bonds. The number of rotatable bonds is 3. The molecule has 0 aromatic carbocycles. The molecule has 1 aliphatic rings. The number of nitrogens with zero attached hydrogens (tertiary/aromatic N) is 5. The van der Waals surface area contributed by atoms with Gasteiger partial charge in [0.2, 0.25) is 5.88 Å². The van der Waals surface area contributed by atoms with Crippen LogP contribution < -0.4 is 4.74 Å². The SMILES string of the molecule is Cc1nc(O[C@@H]2CCOC2)c2c(ccn2-c2cnn(C)c2)n1. The van der Waals surface area contributed by atoms with Crippen molar-refractivity contribution in [2.45, 2.75) is 19.4 Å². The zero-order valence-electron chi connectivity index (χ0n) is 12.6. The molecule has 0 bridgehead atoms. The van der Waals surface area contributed by atoms with Crippen LogP contribution in [0.15, 0.2) is 24.7 Å². The van der Waals surface area contributed by atoms with Crippen LogP contribution in [0.3, 0.4) is 0 Å². The van der Waals surface area contributed by atoms with E-state index in [1.807, 2.05) is 43.2 Å². The van der Waals surface area contributed by atoms with Crippen molar-refractivity contribution >= 4 is 11.0 Å². The Labute approximate surface area is 127 Å². The minimum absolute atomic E-state index is 0.0507. The number of hydrogen-bond acceptors (Lipinski definition) is 5. The predicted octanol–water partition coefficient (Wildman–Crippen LogP) is 1.63. The van der Waals surface area contributed by atoms with E-state index in [9.17, 15) is 0 Å². The summed E-state index contributed by atoms with van der Waals surface area (Å²) in [5, 5.41) is 4.22. The van der Waals surface area contributed by atoms with Crippen molar-refractivity contribution < 1.29 is 9.47 Å². The van der Waals surface area contributed by atoms with Crippen molar-refractivity contribution in [2.75, 3.05) is 13.2 Å². The zero-order valence-corrected chi connectivity index (χ0v) is 12.6. The van der Waals surface area contributed by atoms with E-state index < -0.39 is 0 Å². The summed E-state index contributed by atoms with van der Waals surface area (Å²) in [5.41, 5.74) is 2.69. The smallest absolute Gasteiger partial charge is 0.242 e. The molecule has 0 radical (unpaired) electrons. The van der Waals surface area contributed by atoms with Gasteiger partial charge in [-0.3, -0.25) is 4.68 Å². The van der Waals surface area contributed by atoms with Gasteiger partial charge in [-0.15, -0.1) is 0 Å². The molecular weight excluding hydrogens is 282 g/mol. The second-order valence-corrected chi connectivity index (χ2v) is 5.47.